The molecule has 2 aliphatic heterocycles. The van der Waals surface area contributed by atoms with Crippen LogP contribution < -0.4 is 4.90 Å². The SMILES string of the molecule is Cc1nc(Cl)c(N2CCCN3CCCC3C2)nc1C. The zero-order valence-electron chi connectivity index (χ0n) is 11.7. The molecule has 3 rings (SSSR count). The highest BCUT2D eigenvalue weighted by molar-refractivity contribution is 6.31. The average Bonchev–Trinajstić information content (AvgIpc) is 2.71. The zero-order valence-corrected chi connectivity index (χ0v) is 12.4. The smallest absolute Gasteiger partial charge is 0.171 e. The molecule has 0 amide bonds. The first-order valence-corrected chi connectivity index (χ1v) is 7.52. The number of fused-ring (bicyclic) bond motifs is 1. The summed E-state index contributed by atoms with van der Waals surface area (Å²) in [5.74, 6) is 0.874. The van der Waals surface area contributed by atoms with Crippen LogP contribution in [-0.2, 0) is 0 Å². The molecule has 0 aliphatic carbocycles. The van der Waals surface area contributed by atoms with Gasteiger partial charge < -0.3 is 4.90 Å². The molecule has 1 aromatic heterocycles. The van der Waals surface area contributed by atoms with Crippen LogP contribution in [-0.4, -0.2) is 47.1 Å². The van der Waals surface area contributed by atoms with Crippen LogP contribution in [0.5, 0.6) is 0 Å². The highest BCUT2D eigenvalue weighted by Gasteiger charge is 2.30. The first kappa shape index (κ1) is 13.1. The summed E-state index contributed by atoms with van der Waals surface area (Å²) in [6.07, 6.45) is 3.80. The minimum Gasteiger partial charge on any atom is -0.352 e. The quantitative estimate of drug-likeness (QED) is 0.791. The van der Waals surface area contributed by atoms with Crippen molar-refractivity contribution < 1.29 is 0 Å². The van der Waals surface area contributed by atoms with Crippen LogP contribution in [0.2, 0.25) is 5.15 Å². The number of nitrogens with zero attached hydrogens (tertiary/aromatic N) is 4. The summed E-state index contributed by atoms with van der Waals surface area (Å²) < 4.78 is 0. The van der Waals surface area contributed by atoms with Gasteiger partial charge in [0.25, 0.3) is 0 Å². The molecule has 0 aromatic carbocycles. The van der Waals surface area contributed by atoms with Crippen molar-refractivity contribution in [3.05, 3.63) is 16.5 Å². The molecule has 0 radical (unpaired) electrons. The lowest BCUT2D eigenvalue weighted by molar-refractivity contribution is 0.273. The van der Waals surface area contributed by atoms with Crippen molar-refractivity contribution in [1.82, 2.24) is 14.9 Å². The summed E-state index contributed by atoms with van der Waals surface area (Å²) in [6.45, 7) is 8.49. The van der Waals surface area contributed by atoms with E-state index in [1.54, 1.807) is 0 Å². The van der Waals surface area contributed by atoms with Gasteiger partial charge in [0.2, 0.25) is 0 Å². The molecule has 5 heteroatoms. The van der Waals surface area contributed by atoms with Crippen LogP contribution >= 0.6 is 11.6 Å². The third-order valence-electron chi connectivity index (χ3n) is 4.35. The normalized spacial score (nSPS) is 24.4. The Labute approximate surface area is 119 Å². The van der Waals surface area contributed by atoms with Gasteiger partial charge in [0.15, 0.2) is 11.0 Å². The molecule has 0 bridgehead atoms. The molecule has 2 saturated heterocycles. The second kappa shape index (κ2) is 5.25. The van der Waals surface area contributed by atoms with Crippen LogP contribution in [0.4, 0.5) is 5.82 Å². The van der Waals surface area contributed by atoms with E-state index in [1.165, 1.54) is 32.4 Å². The molecular formula is C14H21ClN4. The van der Waals surface area contributed by atoms with Gasteiger partial charge in [-0.15, -0.1) is 0 Å². The largest absolute Gasteiger partial charge is 0.352 e. The molecule has 2 aliphatic rings. The third kappa shape index (κ3) is 2.56. The summed E-state index contributed by atoms with van der Waals surface area (Å²) >= 11 is 6.30. The maximum Gasteiger partial charge on any atom is 0.171 e. The van der Waals surface area contributed by atoms with Gasteiger partial charge in [-0.25, -0.2) is 9.97 Å². The van der Waals surface area contributed by atoms with Crippen molar-refractivity contribution in [2.45, 2.75) is 39.2 Å². The van der Waals surface area contributed by atoms with Crippen LogP contribution in [0.1, 0.15) is 30.7 Å². The maximum atomic E-state index is 6.30. The van der Waals surface area contributed by atoms with Crippen molar-refractivity contribution in [2.24, 2.45) is 0 Å². The van der Waals surface area contributed by atoms with Crippen LogP contribution in [0, 0.1) is 13.8 Å². The summed E-state index contributed by atoms with van der Waals surface area (Å²) in [4.78, 5) is 14.0. The Morgan fingerprint density at radius 3 is 2.63 bits per heavy atom. The van der Waals surface area contributed by atoms with Crippen molar-refractivity contribution in [1.29, 1.82) is 0 Å². The van der Waals surface area contributed by atoms with Crippen LogP contribution in [0.25, 0.3) is 0 Å². The molecule has 104 valence electrons. The van der Waals surface area contributed by atoms with E-state index in [0.29, 0.717) is 11.2 Å². The van der Waals surface area contributed by atoms with Crippen molar-refractivity contribution in [2.75, 3.05) is 31.1 Å². The lowest BCUT2D eigenvalue weighted by Crippen LogP contribution is -2.37. The van der Waals surface area contributed by atoms with Gasteiger partial charge in [-0.05, 0) is 39.7 Å². The van der Waals surface area contributed by atoms with Crippen LogP contribution in [0.15, 0.2) is 0 Å². The number of hydrogen-bond donors (Lipinski definition) is 0. The Kier molecular flexibility index (Phi) is 3.63. The Balaban J connectivity index is 1.86. The Morgan fingerprint density at radius 2 is 1.79 bits per heavy atom. The Hall–Kier alpha value is -0.870. The number of aromatic nitrogens is 2. The van der Waals surface area contributed by atoms with E-state index in [2.05, 4.69) is 19.8 Å². The summed E-state index contributed by atoms with van der Waals surface area (Å²) in [7, 11) is 0. The molecule has 1 unspecified atom stereocenters. The molecule has 19 heavy (non-hydrogen) atoms. The molecule has 2 fully saturated rings. The average molecular weight is 281 g/mol. The van der Waals surface area contributed by atoms with Gasteiger partial charge in [0.1, 0.15) is 0 Å². The lowest BCUT2D eigenvalue weighted by Gasteiger charge is -2.27. The second-order valence-corrected chi connectivity index (χ2v) is 6.00. The Morgan fingerprint density at radius 1 is 1.05 bits per heavy atom. The molecule has 3 heterocycles. The van der Waals surface area contributed by atoms with E-state index in [0.717, 1.165) is 30.3 Å². The van der Waals surface area contributed by atoms with E-state index >= 15 is 0 Å². The van der Waals surface area contributed by atoms with Gasteiger partial charge in [-0.3, -0.25) is 4.90 Å². The lowest BCUT2D eigenvalue weighted by atomic mass is 10.2. The molecule has 1 atom stereocenters. The minimum atomic E-state index is 0.551. The highest BCUT2D eigenvalue weighted by atomic mass is 35.5. The molecule has 0 saturated carbocycles. The number of aryl methyl sites for hydroxylation is 2. The van der Waals surface area contributed by atoms with E-state index in [-0.39, 0.29) is 0 Å². The van der Waals surface area contributed by atoms with Crippen molar-refractivity contribution >= 4 is 17.4 Å². The van der Waals surface area contributed by atoms with E-state index in [4.69, 9.17) is 11.6 Å². The molecule has 4 nitrogen and oxygen atoms in total. The monoisotopic (exact) mass is 280 g/mol. The number of anilines is 1. The van der Waals surface area contributed by atoms with E-state index in [9.17, 15) is 0 Å². The molecule has 0 spiro atoms. The first-order valence-electron chi connectivity index (χ1n) is 7.15. The molecular weight excluding hydrogens is 260 g/mol. The zero-order chi connectivity index (χ0) is 13.4. The Bertz CT molecular complexity index is 477. The van der Waals surface area contributed by atoms with Gasteiger partial charge >= 0.3 is 0 Å². The van der Waals surface area contributed by atoms with Crippen LogP contribution in [0.3, 0.4) is 0 Å². The highest BCUT2D eigenvalue weighted by Crippen LogP contribution is 2.28. The maximum absolute atomic E-state index is 6.30. The van der Waals surface area contributed by atoms with Gasteiger partial charge in [0.05, 0.1) is 11.4 Å². The number of hydrogen-bond acceptors (Lipinski definition) is 4. The number of rotatable bonds is 1. The summed E-state index contributed by atoms with van der Waals surface area (Å²) in [5, 5.41) is 0.551. The number of halogens is 1. The third-order valence-corrected chi connectivity index (χ3v) is 4.60. The molecule has 1 aromatic rings. The first-order chi connectivity index (χ1) is 9.15. The van der Waals surface area contributed by atoms with Gasteiger partial charge in [-0.1, -0.05) is 11.6 Å². The van der Waals surface area contributed by atoms with Gasteiger partial charge in [0, 0.05) is 25.7 Å². The fourth-order valence-corrected chi connectivity index (χ4v) is 3.45. The van der Waals surface area contributed by atoms with Gasteiger partial charge in [-0.2, -0.15) is 0 Å². The minimum absolute atomic E-state index is 0.551. The predicted octanol–water partition coefficient (Wildman–Crippen LogP) is 2.42. The molecule has 0 N–H and O–H groups in total. The van der Waals surface area contributed by atoms with Crippen molar-refractivity contribution in [3.8, 4) is 0 Å². The standard InChI is InChI=1S/C14H21ClN4/c1-10-11(2)17-14(13(15)16-10)19-8-4-7-18-6-3-5-12(18)9-19/h12H,3-9H2,1-2H3. The fourth-order valence-electron chi connectivity index (χ4n) is 3.16. The summed E-state index contributed by atoms with van der Waals surface area (Å²) in [6, 6.07) is 0.668. The van der Waals surface area contributed by atoms with E-state index < -0.39 is 0 Å². The summed E-state index contributed by atoms with van der Waals surface area (Å²) in [5.41, 5.74) is 1.90. The van der Waals surface area contributed by atoms with Crippen molar-refractivity contribution in [3.63, 3.8) is 0 Å². The van der Waals surface area contributed by atoms with E-state index in [1.807, 2.05) is 13.8 Å². The predicted molar refractivity (Wildman–Crippen MR) is 77.9 cm³/mol. The second-order valence-electron chi connectivity index (χ2n) is 5.64. The fraction of sp³-hybridized carbons (Fsp3) is 0.714. The topological polar surface area (TPSA) is 32.3 Å².